The van der Waals surface area contributed by atoms with Gasteiger partial charge in [-0.05, 0) is 18.1 Å². The van der Waals surface area contributed by atoms with Crippen molar-refractivity contribution in [2.75, 3.05) is 19.5 Å². The van der Waals surface area contributed by atoms with Gasteiger partial charge in [-0.15, -0.1) is 0 Å². The fourth-order valence-electron chi connectivity index (χ4n) is 1.59. The van der Waals surface area contributed by atoms with Crippen LogP contribution in [0.2, 0.25) is 0 Å². The lowest BCUT2D eigenvalue weighted by Gasteiger charge is -2.22. The highest BCUT2D eigenvalue weighted by molar-refractivity contribution is 5.80. The van der Waals surface area contributed by atoms with Gasteiger partial charge in [-0.25, -0.2) is 9.18 Å². The molecule has 1 N–H and O–H groups in total. The number of ether oxygens (including phenoxy) is 2. The summed E-state index contributed by atoms with van der Waals surface area (Å²) in [6, 6.07) is 3.54. The van der Waals surface area contributed by atoms with E-state index in [2.05, 4.69) is 5.32 Å². The Hall–Kier alpha value is -1.78. The number of hydrogen-bond acceptors (Lipinski definition) is 4. The second kappa shape index (κ2) is 6.23. The highest BCUT2D eigenvalue weighted by atomic mass is 19.1. The van der Waals surface area contributed by atoms with Gasteiger partial charge in [0.25, 0.3) is 0 Å². The Morgan fingerprint density at radius 3 is 2.50 bits per heavy atom. The Balaban J connectivity index is 2.99. The van der Waals surface area contributed by atoms with Crippen molar-refractivity contribution in [1.82, 2.24) is 0 Å². The van der Waals surface area contributed by atoms with Crippen molar-refractivity contribution in [2.24, 2.45) is 5.92 Å². The molecule has 0 bridgehead atoms. The van der Waals surface area contributed by atoms with Crippen LogP contribution >= 0.6 is 0 Å². The van der Waals surface area contributed by atoms with Gasteiger partial charge in [-0.1, -0.05) is 13.8 Å². The molecule has 0 radical (unpaired) electrons. The van der Waals surface area contributed by atoms with Crippen LogP contribution in [0.25, 0.3) is 0 Å². The largest absolute Gasteiger partial charge is 0.495 e. The van der Waals surface area contributed by atoms with Crippen molar-refractivity contribution in [2.45, 2.75) is 19.9 Å². The van der Waals surface area contributed by atoms with E-state index in [1.165, 1.54) is 32.4 Å². The first kappa shape index (κ1) is 14.3. The summed E-state index contributed by atoms with van der Waals surface area (Å²) < 4.78 is 23.0. The lowest BCUT2D eigenvalue weighted by molar-refractivity contribution is -0.142. The zero-order valence-electron chi connectivity index (χ0n) is 11.0. The summed E-state index contributed by atoms with van der Waals surface area (Å²) in [5.74, 6) is -0.307. The summed E-state index contributed by atoms with van der Waals surface area (Å²) in [4.78, 5) is 11.6. The van der Waals surface area contributed by atoms with Crippen LogP contribution in [0.1, 0.15) is 13.8 Å². The van der Waals surface area contributed by atoms with Crippen LogP contribution in [0.3, 0.4) is 0 Å². The van der Waals surface area contributed by atoms with E-state index in [0.717, 1.165) is 0 Å². The van der Waals surface area contributed by atoms with E-state index in [1.807, 2.05) is 13.8 Å². The standard InChI is InChI=1S/C13H18FNO3/c1-8(2)12(13(16)18-4)15-10-7-9(14)5-6-11(10)17-3/h5-8,12,15H,1-4H3. The number of nitrogens with one attached hydrogen (secondary N) is 1. The van der Waals surface area contributed by atoms with E-state index in [0.29, 0.717) is 11.4 Å². The monoisotopic (exact) mass is 255 g/mol. The molecule has 0 aliphatic rings. The third-order valence-corrected chi connectivity index (χ3v) is 2.59. The zero-order chi connectivity index (χ0) is 13.7. The van der Waals surface area contributed by atoms with E-state index in [1.54, 1.807) is 0 Å². The molecule has 0 aromatic heterocycles. The van der Waals surface area contributed by atoms with E-state index >= 15 is 0 Å². The lowest BCUT2D eigenvalue weighted by Crippen LogP contribution is -2.35. The van der Waals surface area contributed by atoms with Crippen molar-refractivity contribution >= 4 is 11.7 Å². The van der Waals surface area contributed by atoms with Gasteiger partial charge in [0.15, 0.2) is 0 Å². The molecule has 1 rings (SSSR count). The molecule has 18 heavy (non-hydrogen) atoms. The summed E-state index contributed by atoms with van der Waals surface area (Å²) in [5.41, 5.74) is 0.432. The maximum atomic E-state index is 13.2. The predicted molar refractivity (Wildman–Crippen MR) is 67.2 cm³/mol. The minimum atomic E-state index is -0.550. The lowest BCUT2D eigenvalue weighted by atomic mass is 10.0. The first-order valence-corrected chi connectivity index (χ1v) is 5.67. The third-order valence-electron chi connectivity index (χ3n) is 2.59. The minimum absolute atomic E-state index is 0.00502. The molecule has 0 amide bonds. The second-order valence-corrected chi connectivity index (χ2v) is 4.23. The zero-order valence-corrected chi connectivity index (χ0v) is 11.0. The van der Waals surface area contributed by atoms with Crippen LogP contribution in [0, 0.1) is 11.7 Å². The average Bonchev–Trinajstić information content (AvgIpc) is 2.34. The van der Waals surface area contributed by atoms with Crippen molar-refractivity contribution in [1.29, 1.82) is 0 Å². The van der Waals surface area contributed by atoms with Gasteiger partial charge in [0.05, 0.1) is 19.9 Å². The Bertz CT molecular complexity index is 421. The average molecular weight is 255 g/mol. The quantitative estimate of drug-likeness (QED) is 0.821. The Kier molecular flexibility index (Phi) is 4.95. The van der Waals surface area contributed by atoms with Crippen molar-refractivity contribution in [3.63, 3.8) is 0 Å². The van der Waals surface area contributed by atoms with E-state index in [-0.39, 0.29) is 5.92 Å². The molecule has 0 fully saturated rings. The van der Waals surface area contributed by atoms with Crippen molar-refractivity contribution in [3.05, 3.63) is 24.0 Å². The molecule has 4 nitrogen and oxygen atoms in total. The molecule has 5 heteroatoms. The number of hydrogen-bond donors (Lipinski definition) is 1. The van der Waals surface area contributed by atoms with E-state index < -0.39 is 17.8 Å². The molecular formula is C13H18FNO3. The first-order valence-electron chi connectivity index (χ1n) is 5.67. The number of halogens is 1. The predicted octanol–water partition coefficient (Wildman–Crippen LogP) is 2.44. The summed E-state index contributed by atoms with van der Waals surface area (Å²) in [6.07, 6.45) is 0. The molecule has 100 valence electrons. The molecule has 1 aromatic carbocycles. The number of methoxy groups -OCH3 is 2. The summed E-state index contributed by atoms with van der Waals surface area (Å²) >= 11 is 0. The van der Waals surface area contributed by atoms with Crippen LogP contribution < -0.4 is 10.1 Å². The number of rotatable bonds is 5. The van der Waals surface area contributed by atoms with Crippen molar-refractivity contribution < 1.29 is 18.7 Å². The summed E-state index contributed by atoms with van der Waals surface area (Å²) in [7, 11) is 2.81. The molecular weight excluding hydrogens is 237 g/mol. The summed E-state index contributed by atoms with van der Waals surface area (Å²) in [6.45, 7) is 3.75. The highest BCUT2D eigenvalue weighted by Gasteiger charge is 2.24. The molecule has 0 saturated heterocycles. The maximum absolute atomic E-state index is 13.2. The number of carbonyl (C=O) groups is 1. The normalized spacial score (nSPS) is 12.1. The van der Waals surface area contributed by atoms with E-state index in [4.69, 9.17) is 9.47 Å². The van der Waals surface area contributed by atoms with Gasteiger partial charge in [0.2, 0.25) is 0 Å². The number of benzene rings is 1. The van der Waals surface area contributed by atoms with E-state index in [9.17, 15) is 9.18 Å². The molecule has 0 aliphatic heterocycles. The molecule has 1 atom stereocenters. The fraction of sp³-hybridized carbons (Fsp3) is 0.462. The molecule has 0 saturated carbocycles. The number of anilines is 1. The molecule has 1 aromatic rings. The SMILES string of the molecule is COC(=O)C(Nc1cc(F)ccc1OC)C(C)C. The smallest absolute Gasteiger partial charge is 0.328 e. The van der Waals surface area contributed by atoms with Crippen LogP contribution in [0.15, 0.2) is 18.2 Å². The maximum Gasteiger partial charge on any atom is 0.328 e. The van der Waals surface area contributed by atoms with Gasteiger partial charge in [-0.3, -0.25) is 0 Å². The third kappa shape index (κ3) is 3.35. The van der Waals surface area contributed by atoms with Gasteiger partial charge < -0.3 is 14.8 Å². The molecule has 0 aliphatic carbocycles. The Morgan fingerprint density at radius 2 is 2.00 bits per heavy atom. The van der Waals surface area contributed by atoms with Crippen molar-refractivity contribution in [3.8, 4) is 5.75 Å². The minimum Gasteiger partial charge on any atom is -0.495 e. The fourth-order valence-corrected chi connectivity index (χ4v) is 1.59. The van der Waals surface area contributed by atoms with Gasteiger partial charge >= 0.3 is 5.97 Å². The molecule has 1 unspecified atom stereocenters. The van der Waals surface area contributed by atoms with Gasteiger partial charge in [-0.2, -0.15) is 0 Å². The highest BCUT2D eigenvalue weighted by Crippen LogP contribution is 2.26. The molecule has 0 heterocycles. The van der Waals surface area contributed by atoms with Crippen LogP contribution in [-0.4, -0.2) is 26.2 Å². The Morgan fingerprint density at radius 1 is 1.33 bits per heavy atom. The Labute approximate surface area is 106 Å². The van der Waals surface area contributed by atoms with Gasteiger partial charge in [0.1, 0.15) is 17.6 Å². The topological polar surface area (TPSA) is 47.6 Å². The molecule has 0 spiro atoms. The van der Waals surface area contributed by atoms with Crippen LogP contribution in [0.4, 0.5) is 10.1 Å². The second-order valence-electron chi connectivity index (χ2n) is 4.23. The van der Waals surface area contributed by atoms with Crippen LogP contribution in [-0.2, 0) is 9.53 Å². The van der Waals surface area contributed by atoms with Gasteiger partial charge in [0, 0.05) is 6.07 Å². The number of carbonyl (C=O) groups excluding carboxylic acids is 1. The summed E-state index contributed by atoms with van der Waals surface area (Å²) in [5, 5.41) is 2.95. The van der Waals surface area contributed by atoms with Crippen LogP contribution in [0.5, 0.6) is 5.75 Å². The first-order chi connectivity index (χ1) is 8.49. The number of esters is 1.